The first kappa shape index (κ1) is 33.4. The minimum Gasteiger partial charge on any atom is -0.310 e. The van der Waals surface area contributed by atoms with Gasteiger partial charge in [-0.3, -0.25) is 0 Å². The quantitative estimate of drug-likeness (QED) is 0.152. The summed E-state index contributed by atoms with van der Waals surface area (Å²) in [4.78, 5) is 2.40. The van der Waals surface area contributed by atoms with Crippen LogP contribution in [0, 0.1) is 0 Å². The summed E-state index contributed by atoms with van der Waals surface area (Å²) < 4.78 is 0. The van der Waals surface area contributed by atoms with Crippen molar-refractivity contribution >= 4 is 17.1 Å². The SMILES string of the molecule is c1ccc(-c2cccc(N(c3ccc(-c4ccc5c(c4)C(c4ccccc4)(c4ccccc4)c4ccccc4-5)cc3)c3ccccc3-c3ccccc3)c2)cc1. The third-order valence-electron chi connectivity index (χ3n) is 11.4. The van der Waals surface area contributed by atoms with Crippen molar-refractivity contribution in [2.75, 3.05) is 4.90 Å². The van der Waals surface area contributed by atoms with Gasteiger partial charge in [-0.25, -0.2) is 0 Å². The van der Waals surface area contributed by atoms with Crippen LogP contribution in [0.15, 0.2) is 237 Å². The molecule has 0 saturated carbocycles. The molecule has 0 unspecified atom stereocenters. The van der Waals surface area contributed by atoms with Gasteiger partial charge in [-0.15, -0.1) is 0 Å². The normalized spacial score (nSPS) is 12.4. The molecule has 9 aromatic carbocycles. The maximum absolute atomic E-state index is 2.44. The van der Waals surface area contributed by atoms with Crippen molar-refractivity contribution in [3.8, 4) is 44.5 Å². The van der Waals surface area contributed by atoms with Gasteiger partial charge in [0.1, 0.15) is 0 Å². The highest BCUT2D eigenvalue weighted by atomic mass is 15.1. The van der Waals surface area contributed by atoms with E-state index in [0.717, 1.165) is 17.1 Å². The molecule has 0 aromatic heterocycles. The van der Waals surface area contributed by atoms with Crippen molar-refractivity contribution in [3.05, 3.63) is 259 Å². The second-order valence-corrected chi connectivity index (χ2v) is 14.5. The highest BCUT2D eigenvalue weighted by molar-refractivity contribution is 5.91. The molecule has 9 aromatic rings. The first-order chi connectivity index (χ1) is 27.8. The lowest BCUT2D eigenvalue weighted by Crippen LogP contribution is -2.28. The van der Waals surface area contributed by atoms with E-state index in [1.54, 1.807) is 0 Å². The summed E-state index contributed by atoms with van der Waals surface area (Å²) in [7, 11) is 0. The maximum atomic E-state index is 2.44. The summed E-state index contributed by atoms with van der Waals surface area (Å²) in [5.41, 5.74) is 17.8. The number of hydrogen-bond acceptors (Lipinski definition) is 1. The standard InChI is InChI=1S/C55H39N/c1-5-18-40(19-6-1)43-22-17-27-48(38-43)56(54-31-16-14-28-49(54)42-20-7-2-8-21-42)47-35-32-41(33-36-47)44-34-37-51-50-29-13-15-30-52(50)55(53(51)39-44,45-23-9-3-10-24-45)46-25-11-4-12-26-46/h1-39H. The number of benzene rings is 9. The Morgan fingerprint density at radius 2 is 0.750 bits per heavy atom. The molecule has 0 spiro atoms. The van der Waals surface area contributed by atoms with E-state index >= 15 is 0 Å². The molecular formula is C55H39N. The van der Waals surface area contributed by atoms with E-state index in [-0.39, 0.29) is 0 Å². The van der Waals surface area contributed by atoms with E-state index < -0.39 is 5.41 Å². The van der Waals surface area contributed by atoms with E-state index in [0.29, 0.717) is 0 Å². The van der Waals surface area contributed by atoms with E-state index in [2.05, 4.69) is 241 Å². The Kier molecular flexibility index (Phi) is 8.46. The minimum atomic E-state index is -0.438. The molecule has 1 aliphatic rings. The highest BCUT2D eigenvalue weighted by Crippen LogP contribution is 2.56. The van der Waals surface area contributed by atoms with Crippen molar-refractivity contribution in [1.29, 1.82) is 0 Å². The molecule has 0 amide bonds. The molecule has 1 nitrogen and oxygen atoms in total. The van der Waals surface area contributed by atoms with E-state index in [4.69, 9.17) is 0 Å². The lowest BCUT2D eigenvalue weighted by Gasteiger charge is -2.34. The molecule has 10 rings (SSSR count). The van der Waals surface area contributed by atoms with Crippen LogP contribution in [-0.4, -0.2) is 0 Å². The van der Waals surface area contributed by atoms with Crippen LogP contribution in [0.5, 0.6) is 0 Å². The van der Waals surface area contributed by atoms with Gasteiger partial charge in [0.15, 0.2) is 0 Å². The zero-order valence-corrected chi connectivity index (χ0v) is 31.0. The molecule has 1 heteroatoms. The molecule has 56 heavy (non-hydrogen) atoms. The van der Waals surface area contributed by atoms with Gasteiger partial charge in [-0.2, -0.15) is 0 Å². The summed E-state index contributed by atoms with van der Waals surface area (Å²) in [6.07, 6.45) is 0. The van der Waals surface area contributed by atoms with E-state index in [1.165, 1.54) is 66.8 Å². The van der Waals surface area contributed by atoms with Gasteiger partial charge in [0, 0.05) is 16.9 Å². The predicted molar refractivity (Wildman–Crippen MR) is 235 cm³/mol. The maximum Gasteiger partial charge on any atom is 0.0713 e. The minimum absolute atomic E-state index is 0.438. The molecule has 0 fully saturated rings. The van der Waals surface area contributed by atoms with Crippen molar-refractivity contribution in [2.45, 2.75) is 5.41 Å². The van der Waals surface area contributed by atoms with Crippen LogP contribution in [0.4, 0.5) is 17.1 Å². The largest absolute Gasteiger partial charge is 0.310 e. The Morgan fingerprint density at radius 1 is 0.268 bits per heavy atom. The Labute approximate surface area is 329 Å². The van der Waals surface area contributed by atoms with Gasteiger partial charge in [0.05, 0.1) is 11.1 Å². The predicted octanol–water partition coefficient (Wildman–Crippen LogP) is 14.5. The molecule has 0 aliphatic heterocycles. The molecular weight excluding hydrogens is 675 g/mol. The first-order valence-electron chi connectivity index (χ1n) is 19.3. The summed E-state index contributed by atoms with van der Waals surface area (Å²) in [5, 5.41) is 0. The average Bonchev–Trinajstić information content (AvgIpc) is 3.59. The Hall–Kier alpha value is -7.22. The Morgan fingerprint density at radius 3 is 1.43 bits per heavy atom. The molecule has 264 valence electrons. The van der Waals surface area contributed by atoms with Crippen LogP contribution in [0.3, 0.4) is 0 Å². The lowest BCUT2D eigenvalue weighted by molar-refractivity contribution is 0.769. The smallest absolute Gasteiger partial charge is 0.0713 e. The summed E-state index contributed by atoms with van der Waals surface area (Å²) in [5.74, 6) is 0. The number of anilines is 3. The second kappa shape index (κ2) is 14.2. The van der Waals surface area contributed by atoms with Gasteiger partial charge in [0.2, 0.25) is 0 Å². The highest BCUT2D eigenvalue weighted by Gasteiger charge is 2.46. The number of rotatable bonds is 8. The number of fused-ring (bicyclic) bond motifs is 3. The van der Waals surface area contributed by atoms with Gasteiger partial charge in [-0.05, 0) is 97.6 Å². The summed E-state index contributed by atoms with van der Waals surface area (Å²) >= 11 is 0. The molecule has 1 aliphatic carbocycles. The van der Waals surface area contributed by atoms with E-state index in [1.807, 2.05) is 0 Å². The fourth-order valence-corrected chi connectivity index (χ4v) is 8.84. The molecule has 0 radical (unpaired) electrons. The number of hydrogen-bond donors (Lipinski definition) is 0. The van der Waals surface area contributed by atoms with Crippen molar-refractivity contribution in [2.24, 2.45) is 0 Å². The fourth-order valence-electron chi connectivity index (χ4n) is 8.84. The van der Waals surface area contributed by atoms with Crippen LogP contribution in [0.25, 0.3) is 44.5 Å². The zero-order valence-electron chi connectivity index (χ0n) is 31.0. The van der Waals surface area contributed by atoms with Crippen LogP contribution in [0.2, 0.25) is 0 Å². The monoisotopic (exact) mass is 713 g/mol. The molecule has 0 N–H and O–H groups in total. The zero-order chi connectivity index (χ0) is 37.3. The van der Waals surface area contributed by atoms with Gasteiger partial charge >= 0.3 is 0 Å². The molecule has 0 saturated heterocycles. The molecule has 0 bridgehead atoms. The third-order valence-corrected chi connectivity index (χ3v) is 11.4. The summed E-state index contributed by atoms with van der Waals surface area (Å²) in [6.45, 7) is 0. The van der Waals surface area contributed by atoms with Crippen molar-refractivity contribution < 1.29 is 0 Å². The third kappa shape index (κ3) is 5.65. The molecule has 0 atom stereocenters. The lowest BCUT2D eigenvalue weighted by atomic mass is 9.67. The summed E-state index contributed by atoms with van der Waals surface area (Å²) in [6, 6.07) is 86.1. The van der Waals surface area contributed by atoms with Gasteiger partial charge in [-0.1, -0.05) is 200 Å². The Balaban J connectivity index is 1.12. The first-order valence-corrected chi connectivity index (χ1v) is 19.3. The topological polar surface area (TPSA) is 3.24 Å². The van der Waals surface area contributed by atoms with Gasteiger partial charge in [0.25, 0.3) is 0 Å². The Bertz CT molecular complexity index is 2730. The van der Waals surface area contributed by atoms with E-state index in [9.17, 15) is 0 Å². The van der Waals surface area contributed by atoms with Crippen LogP contribution in [0.1, 0.15) is 22.3 Å². The van der Waals surface area contributed by atoms with Crippen LogP contribution < -0.4 is 4.90 Å². The van der Waals surface area contributed by atoms with Crippen LogP contribution >= 0.6 is 0 Å². The molecule has 0 heterocycles. The second-order valence-electron chi connectivity index (χ2n) is 14.5. The fraction of sp³-hybridized carbons (Fsp3) is 0.0182. The van der Waals surface area contributed by atoms with Crippen LogP contribution in [-0.2, 0) is 5.41 Å². The van der Waals surface area contributed by atoms with Gasteiger partial charge < -0.3 is 4.90 Å². The average molecular weight is 714 g/mol. The number of nitrogens with zero attached hydrogens (tertiary/aromatic N) is 1. The van der Waals surface area contributed by atoms with Crippen molar-refractivity contribution in [1.82, 2.24) is 0 Å². The number of para-hydroxylation sites is 1. The van der Waals surface area contributed by atoms with Crippen molar-refractivity contribution in [3.63, 3.8) is 0 Å².